The van der Waals surface area contributed by atoms with Crippen molar-refractivity contribution in [3.05, 3.63) is 0 Å². The fraction of sp³-hybridized carbons (Fsp3) is 0. The summed E-state index contributed by atoms with van der Waals surface area (Å²) in [6.45, 7) is 0. The van der Waals surface area contributed by atoms with Crippen LogP contribution in [0.15, 0.2) is 0 Å². The average molecular weight is 277 g/mol. The summed E-state index contributed by atoms with van der Waals surface area (Å²) in [6.07, 6.45) is 0. The number of rotatable bonds is 0. The SMILES string of the molecule is [Br][Ni][Br].[Ni+2]. The van der Waals surface area contributed by atoms with Gasteiger partial charge in [-0.15, -0.1) is 0 Å². The summed E-state index contributed by atoms with van der Waals surface area (Å²) in [5.41, 5.74) is 0. The average Bonchev–Trinajstić information content (AvgIpc) is 0.918. The second kappa shape index (κ2) is 8.87. The molecule has 0 saturated heterocycles. The molecule has 0 atom stereocenters. The van der Waals surface area contributed by atoms with Crippen LogP contribution in [0.4, 0.5) is 0 Å². The van der Waals surface area contributed by atoms with Crippen molar-refractivity contribution in [2.24, 2.45) is 0 Å². The normalized spacial score (nSPS) is 5.50. The molecule has 32 valence electrons. The maximum absolute atomic E-state index is 3.00. The van der Waals surface area contributed by atoms with Crippen molar-refractivity contribution in [1.29, 1.82) is 0 Å². The monoisotopic (exact) mass is 274 g/mol. The Morgan fingerprint density at radius 3 is 1.25 bits per heavy atom. The van der Waals surface area contributed by atoms with Crippen LogP contribution in [0.25, 0.3) is 0 Å². The first-order valence-electron chi connectivity index (χ1n) is 0.239. The zero-order valence-electron chi connectivity index (χ0n) is 1.39. The summed E-state index contributed by atoms with van der Waals surface area (Å²) in [6, 6.07) is 0. The molecule has 4 heavy (non-hydrogen) atoms. The first-order chi connectivity index (χ1) is 1.41. The smallest absolute Gasteiger partial charge is 2.00 e. The van der Waals surface area contributed by atoms with E-state index in [1.54, 1.807) is 0 Å². The van der Waals surface area contributed by atoms with Gasteiger partial charge >= 0.3 is 55.8 Å². The van der Waals surface area contributed by atoms with E-state index in [4.69, 9.17) is 0 Å². The number of hydrogen-bond acceptors (Lipinski definition) is 0. The maximum atomic E-state index is 3.00. The van der Waals surface area contributed by atoms with Crippen LogP contribution in [0.5, 0.6) is 0 Å². The van der Waals surface area contributed by atoms with Crippen molar-refractivity contribution < 1.29 is 27.4 Å². The Morgan fingerprint density at radius 1 is 1.25 bits per heavy atom. The van der Waals surface area contributed by atoms with Gasteiger partial charge in [0.05, 0.1) is 0 Å². The molecule has 0 amide bonds. The van der Waals surface area contributed by atoms with Gasteiger partial charge in [0.1, 0.15) is 0 Å². The van der Waals surface area contributed by atoms with Crippen LogP contribution in [0.3, 0.4) is 0 Å². The molecule has 0 spiro atoms. The van der Waals surface area contributed by atoms with Crippen LogP contribution in [0.2, 0.25) is 0 Å². The fourth-order valence-corrected chi connectivity index (χ4v) is 0. The van der Waals surface area contributed by atoms with Gasteiger partial charge in [0.2, 0.25) is 0 Å². The molecule has 0 N–H and O–H groups in total. The quantitative estimate of drug-likeness (QED) is 0.591. The van der Waals surface area contributed by atoms with Crippen molar-refractivity contribution >= 4 is 28.5 Å². The minimum absolute atomic E-state index is 0. The maximum Gasteiger partial charge on any atom is 2.00 e. The van der Waals surface area contributed by atoms with Gasteiger partial charge < -0.3 is 0 Å². The third-order valence-corrected chi connectivity index (χ3v) is 0. The Kier molecular flexibility index (Phi) is 20.7. The van der Waals surface area contributed by atoms with Crippen molar-refractivity contribution in [1.82, 2.24) is 0 Å². The summed E-state index contributed by atoms with van der Waals surface area (Å²) >= 11 is 6.00. The summed E-state index contributed by atoms with van der Waals surface area (Å²) in [7, 11) is 1.25. The zero-order chi connectivity index (χ0) is 2.71. The molecular weight excluding hydrogens is 277 g/mol. The molecule has 0 saturated carbocycles. The van der Waals surface area contributed by atoms with Crippen LogP contribution >= 0.6 is 28.5 Å². The zero-order valence-corrected chi connectivity index (χ0v) is 6.54. The van der Waals surface area contributed by atoms with Gasteiger partial charge in [0, 0.05) is 0 Å². The molecular formula is Br2Ni2+2. The summed E-state index contributed by atoms with van der Waals surface area (Å²) in [4.78, 5) is 0. The van der Waals surface area contributed by atoms with E-state index in [9.17, 15) is 0 Å². The van der Waals surface area contributed by atoms with Gasteiger partial charge in [-0.1, -0.05) is 0 Å². The Bertz CT molecular complexity index is 4.00. The van der Waals surface area contributed by atoms with Gasteiger partial charge in [-0.2, -0.15) is 0 Å². The molecule has 4 heteroatoms. The molecule has 0 rings (SSSR count). The van der Waals surface area contributed by atoms with Crippen molar-refractivity contribution in [2.45, 2.75) is 0 Å². The molecule has 0 aliphatic rings. The molecule has 0 aliphatic heterocycles. The summed E-state index contributed by atoms with van der Waals surface area (Å²) in [5, 5.41) is 0. The Labute approximate surface area is 55.4 Å². The Hall–Kier alpha value is 1.95. The summed E-state index contributed by atoms with van der Waals surface area (Å²) < 4.78 is 0. The van der Waals surface area contributed by atoms with Gasteiger partial charge in [0.15, 0.2) is 0 Å². The van der Waals surface area contributed by atoms with E-state index >= 15 is 0 Å². The van der Waals surface area contributed by atoms with Crippen molar-refractivity contribution in [2.75, 3.05) is 0 Å². The molecule has 0 aromatic heterocycles. The molecule has 0 heterocycles. The Morgan fingerprint density at radius 2 is 1.25 bits per heavy atom. The van der Waals surface area contributed by atoms with Gasteiger partial charge in [-0.05, 0) is 0 Å². The minimum atomic E-state index is 0. The van der Waals surface area contributed by atoms with E-state index in [2.05, 4.69) is 28.5 Å². The minimum Gasteiger partial charge on any atom is 2.00 e. The first-order valence-corrected chi connectivity index (χ1v) is 5.12. The van der Waals surface area contributed by atoms with Gasteiger partial charge in [-0.25, -0.2) is 0 Å². The summed E-state index contributed by atoms with van der Waals surface area (Å²) in [5.74, 6) is 0. The molecule has 0 fully saturated rings. The molecule has 0 radical (unpaired) electrons. The van der Waals surface area contributed by atoms with E-state index in [1.807, 2.05) is 0 Å². The Balaban J connectivity index is 0. The molecule has 0 nitrogen and oxygen atoms in total. The van der Waals surface area contributed by atoms with Crippen molar-refractivity contribution in [3.8, 4) is 0 Å². The second-order valence-electron chi connectivity index (χ2n) is 0.0452. The first kappa shape index (κ1) is 9.34. The van der Waals surface area contributed by atoms with Crippen LogP contribution in [-0.2, 0) is 27.4 Å². The van der Waals surface area contributed by atoms with Crippen LogP contribution in [0.1, 0.15) is 0 Å². The van der Waals surface area contributed by atoms with E-state index in [1.165, 1.54) is 10.9 Å². The topological polar surface area (TPSA) is 0 Å². The second-order valence-corrected chi connectivity index (χ2v) is 5.03. The largest absolute Gasteiger partial charge is 2.00 e. The van der Waals surface area contributed by atoms with Crippen LogP contribution in [-0.4, -0.2) is 0 Å². The molecule has 0 aliphatic carbocycles. The molecule has 0 aromatic rings. The van der Waals surface area contributed by atoms with Crippen molar-refractivity contribution in [3.63, 3.8) is 0 Å². The number of hydrogen-bond donors (Lipinski definition) is 0. The third kappa shape index (κ3) is 9.04. The van der Waals surface area contributed by atoms with E-state index in [0.717, 1.165) is 0 Å². The van der Waals surface area contributed by atoms with E-state index < -0.39 is 0 Å². The molecule has 0 bridgehead atoms. The number of halogens is 2. The third-order valence-electron chi connectivity index (χ3n) is 0. The molecule has 0 unspecified atom stereocenters. The van der Waals surface area contributed by atoms with Crippen LogP contribution < -0.4 is 0 Å². The van der Waals surface area contributed by atoms with Crippen LogP contribution in [0, 0.1) is 0 Å². The van der Waals surface area contributed by atoms with Gasteiger partial charge in [-0.3, -0.25) is 0 Å². The van der Waals surface area contributed by atoms with Gasteiger partial charge in [0.25, 0.3) is 0 Å². The van der Waals surface area contributed by atoms with E-state index in [-0.39, 0.29) is 16.5 Å². The standard InChI is InChI=1S/2BrH.2Ni/h2*1H;;/q;;2*+2/p-2. The predicted molar refractivity (Wildman–Crippen MR) is 17.9 cm³/mol. The van der Waals surface area contributed by atoms with E-state index in [0.29, 0.717) is 0 Å². The fourth-order valence-electron chi connectivity index (χ4n) is 0. The molecule has 0 aromatic carbocycles. The predicted octanol–water partition coefficient (Wildman–Crippen LogP) is 1.69.